The van der Waals surface area contributed by atoms with Gasteiger partial charge in [-0.05, 0) is 34.1 Å². The van der Waals surface area contributed by atoms with E-state index in [9.17, 15) is 22.4 Å². The van der Waals surface area contributed by atoms with E-state index >= 15 is 0 Å². The van der Waals surface area contributed by atoms with E-state index in [2.05, 4.69) is 15.9 Å². The highest BCUT2D eigenvalue weighted by Crippen LogP contribution is 2.28. The lowest BCUT2D eigenvalue weighted by Gasteiger charge is -2.10. The molecule has 0 fully saturated rings. The summed E-state index contributed by atoms with van der Waals surface area (Å²) in [5.41, 5.74) is 3.56. The van der Waals surface area contributed by atoms with Crippen LogP contribution in [0, 0.1) is 23.3 Å². The van der Waals surface area contributed by atoms with Crippen molar-refractivity contribution in [3.05, 3.63) is 57.6 Å². The molecule has 0 unspecified atom stereocenters. The number of carbonyl (C=O) groups excluding carboxylic acids is 1. The zero-order chi connectivity index (χ0) is 15.7. The number of hydrogen-bond acceptors (Lipinski definition) is 2. The van der Waals surface area contributed by atoms with Gasteiger partial charge in [-0.1, -0.05) is 0 Å². The molecule has 8 heteroatoms. The Hall–Kier alpha value is -2.09. The number of nitrogen functional groups attached to an aromatic ring is 1. The zero-order valence-corrected chi connectivity index (χ0v) is 11.8. The van der Waals surface area contributed by atoms with Gasteiger partial charge >= 0.3 is 0 Å². The Balaban J connectivity index is 2.40. The van der Waals surface area contributed by atoms with Crippen molar-refractivity contribution in [2.75, 3.05) is 11.1 Å². The van der Waals surface area contributed by atoms with Gasteiger partial charge < -0.3 is 11.1 Å². The molecule has 0 spiro atoms. The van der Waals surface area contributed by atoms with Gasteiger partial charge in [-0.3, -0.25) is 4.79 Å². The van der Waals surface area contributed by atoms with E-state index in [4.69, 9.17) is 5.73 Å². The summed E-state index contributed by atoms with van der Waals surface area (Å²) >= 11 is 2.86. The number of nitrogens with two attached hydrogens (primary N) is 1. The Morgan fingerprint density at radius 1 is 1.05 bits per heavy atom. The molecule has 0 saturated heterocycles. The monoisotopic (exact) mass is 362 g/mol. The van der Waals surface area contributed by atoms with Crippen molar-refractivity contribution in [2.45, 2.75) is 0 Å². The predicted octanol–water partition coefficient (Wildman–Crippen LogP) is 3.84. The molecule has 0 bridgehead atoms. The third-order valence-electron chi connectivity index (χ3n) is 2.56. The number of hydrogen-bond donors (Lipinski definition) is 2. The van der Waals surface area contributed by atoms with E-state index in [0.29, 0.717) is 18.2 Å². The van der Waals surface area contributed by atoms with Crippen LogP contribution in [0.5, 0.6) is 0 Å². The molecule has 2 aromatic rings. The van der Waals surface area contributed by atoms with Gasteiger partial charge in [0.15, 0.2) is 11.6 Å². The molecular weight excluding hydrogens is 356 g/mol. The van der Waals surface area contributed by atoms with E-state index in [-0.39, 0.29) is 4.47 Å². The van der Waals surface area contributed by atoms with Gasteiger partial charge in [-0.25, -0.2) is 17.6 Å². The topological polar surface area (TPSA) is 55.1 Å². The molecule has 0 aliphatic heterocycles. The fourth-order valence-electron chi connectivity index (χ4n) is 1.62. The van der Waals surface area contributed by atoms with Crippen molar-refractivity contribution in [2.24, 2.45) is 0 Å². The SMILES string of the molecule is Nc1cc(F)cc(C(=O)Nc2c(F)cc(F)cc2Br)c1F. The molecule has 0 saturated carbocycles. The second kappa shape index (κ2) is 5.72. The van der Waals surface area contributed by atoms with E-state index < -0.39 is 46.1 Å². The molecule has 0 aliphatic rings. The lowest BCUT2D eigenvalue weighted by atomic mass is 10.1. The first-order valence-corrected chi connectivity index (χ1v) is 6.29. The first kappa shape index (κ1) is 15.3. The molecule has 2 rings (SSSR count). The van der Waals surface area contributed by atoms with Gasteiger partial charge in [0, 0.05) is 10.5 Å². The molecular formula is C13H7BrF4N2O. The summed E-state index contributed by atoms with van der Waals surface area (Å²) in [4.78, 5) is 11.9. The number of benzene rings is 2. The highest BCUT2D eigenvalue weighted by Gasteiger charge is 2.19. The van der Waals surface area contributed by atoms with Crippen LogP contribution in [0.4, 0.5) is 28.9 Å². The van der Waals surface area contributed by atoms with Gasteiger partial charge in [-0.2, -0.15) is 0 Å². The van der Waals surface area contributed by atoms with Crippen LogP contribution in [0.25, 0.3) is 0 Å². The standard InChI is InChI=1S/C13H7BrF4N2O/c14-8-2-6(16)3-9(17)12(8)20-13(21)7-1-5(15)4-10(19)11(7)18/h1-4H,19H2,(H,20,21). The summed E-state index contributed by atoms with van der Waals surface area (Å²) in [6.45, 7) is 0. The summed E-state index contributed by atoms with van der Waals surface area (Å²) in [7, 11) is 0. The average molecular weight is 363 g/mol. The van der Waals surface area contributed by atoms with Gasteiger partial charge in [0.25, 0.3) is 5.91 Å². The molecule has 0 heterocycles. The van der Waals surface area contributed by atoms with Crippen molar-refractivity contribution >= 4 is 33.2 Å². The van der Waals surface area contributed by atoms with Gasteiger partial charge in [0.05, 0.1) is 16.9 Å². The maximum atomic E-state index is 13.7. The third-order valence-corrected chi connectivity index (χ3v) is 3.18. The van der Waals surface area contributed by atoms with Crippen LogP contribution >= 0.6 is 15.9 Å². The normalized spacial score (nSPS) is 10.5. The minimum atomic E-state index is -1.13. The highest BCUT2D eigenvalue weighted by molar-refractivity contribution is 9.10. The molecule has 110 valence electrons. The zero-order valence-electron chi connectivity index (χ0n) is 10.2. The minimum Gasteiger partial charge on any atom is -0.396 e. The van der Waals surface area contributed by atoms with E-state index in [1.807, 2.05) is 5.32 Å². The molecule has 1 amide bonds. The number of nitrogens with one attached hydrogen (secondary N) is 1. The van der Waals surface area contributed by atoms with E-state index in [0.717, 1.165) is 6.07 Å². The summed E-state index contributed by atoms with van der Waals surface area (Å²) in [6, 6.07) is 2.78. The molecule has 0 aliphatic carbocycles. The van der Waals surface area contributed by atoms with Crippen molar-refractivity contribution < 1.29 is 22.4 Å². The van der Waals surface area contributed by atoms with Crippen LogP contribution in [0.1, 0.15) is 10.4 Å². The maximum absolute atomic E-state index is 13.7. The maximum Gasteiger partial charge on any atom is 0.258 e. The fourth-order valence-corrected chi connectivity index (χ4v) is 2.13. The lowest BCUT2D eigenvalue weighted by Crippen LogP contribution is -2.16. The summed E-state index contributed by atoms with van der Waals surface area (Å²) in [6.07, 6.45) is 0. The molecule has 0 aromatic heterocycles. The first-order valence-electron chi connectivity index (χ1n) is 5.50. The molecule has 3 nitrogen and oxygen atoms in total. The van der Waals surface area contributed by atoms with Crippen molar-refractivity contribution in [3.8, 4) is 0 Å². The van der Waals surface area contributed by atoms with Crippen LogP contribution in [0.2, 0.25) is 0 Å². The van der Waals surface area contributed by atoms with Crippen LogP contribution in [0.3, 0.4) is 0 Å². The second-order valence-corrected chi connectivity index (χ2v) is 4.91. The summed E-state index contributed by atoms with van der Waals surface area (Å²) in [5.74, 6) is -5.10. The highest BCUT2D eigenvalue weighted by atomic mass is 79.9. The largest absolute Gasteiger partial charge is 0.396 e. The second-order valence-electron chi connectivity index (χ2n) is 4.06. The van der Waals surface area contributed by atoms with Gasteiger partial charge in [0.2, 0.25) is 0 Å². The number of rotatable bonds is 2. The summed E-state index contributed by atoms with van der Waals surface area (Å²) in [5, 5.41) is 2.03. The minimum absolute atomic E-state index is 0.0851. The Morgan fingerprint density at radius 2 is 1.67 bits per heavy atom. The van der Waals surface area contributed by atoms with Crippen LogP contribution in [-0.2, 0) is 0 Å². The Bertz CT molecular complexity index is 713. The lowest BCUT2D eigenvalue weighted by molar-refractivity contribution is 0.102. The first-order chi connectivity index (χ1) is 9.79. The smallest absolute Gasteiger partial charge is 0.258 e. The number of carbonyl (C=O) groups is 1. The van der Waals surface area contributed by atoms with Crippen LogP contribution < -0.4 is 11.1 Å². The number of halogens is 5. The van der Waals surface area contributed by atoms with Crippen molar-refractivity contribution in [3.63, 3.8) is 0 Å². The average Bonchev–Trinajstić information content (AvgIpc) is 2.37. The van der Waals surface area contributed by atoms with Crippen LogP contribution in [0.15, 0.2) is 28.7 Å². The van der Waals surface area contributed by atoms with Gasteiger partial charge in [0.1, 0.15) is 11.6 Å². The number of anilines is 2. The molecule has 21 heavy (non-hydrogen) atoms. The van der Waals surface area contributed by atoms with E-state index in [1.165, 1.54) is 0 Å². The molecule has 0 radical (unpaired) electrons. The number of amides is 1. The Kier molecular flexibility index (Phi) is 4.17. The fraction of sp³-hybridized carbons (Fsp3) is 0. The van der Waals surface area contributed by atoms with Crippen molar-refractivity contribution in [1.29, 1.82) is 0 Å². The van der Waals surface area contributed by atoms with Gasteiger partial charge in [-0.15, -0.1) is 0 Å². The molecule has 2 aromatic carbocycles. The van der Waals surface area contributed by atoms with E-state index in [1.54, 1.807) is 0 Å². The predicted molar refractivity (Wildman–Crippen MR) is 72.8 cm³/mol. The van der Waals surface area contributed by atoms with Crippen LogP contribution in [-0.4, -0.2) is 5.91 Å². The summed E-state index contributed by atoms with van der Waals surface area (Å²) < 4.78 is 53.3. The third kappa shape index (κ3) is 3.15. The molecule has 3 N–H and O–H groups in total. The van der Waals surface area contributed by atoms with Crippen molar-refractivity contribution in [1.82, 2.24) is 0 Å². The Labute approximate surface area is 124 Å². The Morgan fingerprint density at radius 3 is 2.29 bits per heavy atom. The quantitative estimate of drug-likeness (QED) is 0.629. The molecule has 0 atom stereocenters.